The summed E-state index contributed by atoms with van der Waals surface area (Å²) in [5.41, 5.74) is 21.9. The van der Waals surface area contributed by atoms with E-state index in [9.17, 15) is 0 Å². The highest BCUT2D eigenvalue weighted by Gasteiger charge is 2.55. The summed E-state index contributed by atoms with van der Waals surface area (Å²) >= 11 is 0. The number of anilines is 3. The third-order valence-corrected chi connectivity index (χ3v) is 14.8. The van der Waals surface area contributed by atoms with Gasteiger partial charge in [0.25, 0.3) is 0 Å². The lowest BCUT2D eigenvalue weighted by atomic mass is 9.67. The molecule has 0 amide bonds. The molecule has 0 unspecified atom stereocenters. The average molecular weight is 840 g/mol. The third-order valence-electron chi connectivity index (χ3n) is 14.8. The van der Waals surface area contributed by atoms with E-state index in [4.69, 9.17) is 4.42 Å². The summed E-state index contributed by atoms with van der Waals surface area (Å²) in [7, 11) is 0. The Bertz CT molecular complexity index is 3610. The number of hydrogen-bond acceptors (Lipinski definition) is 2. The van der Waals surface area contributed by atoms with Crippen molar-refractivity contribution in [2.45, 2.75) is 10.8 Å². The number of rotatable bonds is 6. The fourth-order valence-corrected chi connectivity index (χ4v) is 12.2. The monoisotopic (exact) mass is 839 g/mol. The van der Waals surface area contributed by atoms with Gasteiger partial charge in [-0.25, -0.2) is 0 Å². The van der Waals surface area contributed by atoms with Gasteiger partial charge < -0.3 is 9.32 Å². The molecule has 0 saturated heterocycles. The van der Waals surface area contributed by atoms with Crippen LogP contribution in [0.3, 0.4) is 0 Å². The Labute approximate surface area is 384 Å². The van der Waals surface area contributed by atoms with E-state index in [1.165, 1.54) is 77.9 Å². The van der Waals surface area contributed by atoms with E-state index in [0.29, 0.717) is 0 Å². The Balaban J connectivity index is 0.956. The lowest BCUT2D eigenvalue weighted by Gasteiger charge is -2.35. The van der Waals surface area contributed by atoms with Gasteiger partial charge in [-0.05, 0) is 120 Å². The molecular formula is C64H41NO. The normalized spacial score (nSPS) is 14.0. The van der Waals surface area contributed by atoms with Crippen LogP contribution in [0.2, 0.25) is 0 Å². The molecule has 3 aliphatic carbocycles. The van der Waals surface area contributed by atoms with Crippen LogP contribution in [0.1, 0.15) is 44.7 Å². The van der Waals surface area contributed by atoms with Crippen molar-refractivity contribution >= 4 is 28.0 Å². The molecule has 2 nitrogen and oxygen atoms in total. The summed E-state index contributed by atoms with van der Waals surface area (Å²) in [6, 6.07) is 91.4. The van der Waals surface area contributed by atoms with Gasteiger partial charge in [-0.2, -0.15) is 0 Å². The zero-order valence-electron chi connectivity index (χ0n) is 36.0. The molecule has 11 aromatic rings. The summed E-state index contributed by atoms with van der Waals surface area (Å²) in [6.07, 6.45) is 0. The SMILES string of the molecule is c1ccc(N(c2ccc(-c3cccc4c3-c3c(oc5ccccc35)C43c4ccccc4-c4ccccc43)cc2)c2ccc3c(c2)C(c2ccccc2)(c2ccccc2)c2ccccc2-3)cc1. The molecule has 308 valence electrons. The highest BCUT2D eigenvalue weighted by molar-refractivity contribution is 6.08. The topological polar surface area (TPSA) is 16.4 Å². The molecule has 1 aromatic heterocycles. The van der Waals surface area contributed by atoms with Gasteiger partial charge in [0.05, 0.1) is 5.41 Å². The summed E-state index contributed by atoms with van der Waals surface area (Å²) in [4.78, 5) is 2.41. The molecule has 0 radical (unpaired) electrons. The Hall–Kier alpha value is -8.46. The maximum atomic E-state index is 7.10. The molecular weight excluding hydrogens is 799 g/mol. The zero-order chi connectivity index (χ0) is 43.4. The molecule has 1 spiro atoms. The number of fused-ring (bicyclic) bond motifs is 15. The van der Waals surface area contributed by atoms with Gasteiger partial charge >= 0.3 is 0 Å². The molecule has 0 fully saturated rings. The molecule has 3 aliphatic rings. The first-order chi connectivity index (χ1) is 32.8. The first-order valence-electron chi connectivity index (χ1n) is 22.9. The lowest BCUT2D eigenvalue weighted by Crippen LogP contribution is -2.28. The number of furan rings is 1. The minimum Gasteiger partial charge on any atom is -0.459 e. The van der Waals surface area contributed by atoms with Crippen LogP contribution in [0.5, 0.6) is 0 Å². The molecule has 2 heteroatoms. The van der Waals surface area contributed by atoms with Crippen molar-refractivity contribution < 1.29 is 4.42 Å². The highest BCUT2D eigenvalue weighted by Crippen LogP contribution is 2.66. The van der Waals surface area contributed by atoms with Crippen molar-refractivity contribution in [2.24, 2.45) is 0 Å². The van der Waals surface area contributed by atoms with Gasteiger partial charge in [0.2, 0.25) is 0 Å². The van der Waals surface area contributed by atoms with Crippen LogP contribution in [-0.4, -0.2) is 0 Å². The molecule has 10 aromatic carbocycles. The summed E-state index contributed by atoms with van der Waals surface area (Å²) in [5.74, 6) is 1.01. The van der Waals surface area contributed by atoms with E-state index in [0.717, 1.165) is 39.4 Å². The smallest absolute Gasteiger partial charge is 0.135 e. The molecule has 0 saturated carbocycles. The van der Waals surface area contributed by atoms with Crippen LogP contribution in [0.15, 0.2) is 253 Å². The zero-order valence-corrected chi connectivity index (χ0v) is 36.0. The van der Waals surface area contributed by atoms with Crippen molar-refractivity contribution in [3.8, 4) is 44.5 Å². The first kappa shape index (κ1) is 37.0. The first-order valence-corrected chi connectivity index (χ1v) is 22.9. The fraction of sp³-hybridized carbons (Fsp3) is 0.0312. The second-order valence-electron chi connectivity index (χ2n) is 17.8. The van der Waals surface area contributed by atoms with Crippen molar-refractivity contribution in [3.05, 3.63) is 293 Å². The number of nitrogens with zero attached hydrogens (tertiary/aromatic N) is 1. The number of benzene rings is 10. The van der Waals surface area contributed by atoms with Crippen LogP contribution < -0.4 is 4.90 Å². The predicted molar refractivity (Wildman–Crippen MR) is 270 cm³/mol. The van der Waals surface area contributed by atoms with Gasteiger partial charge in [0.1, 0.15) is 16.8 Å². The second kappa shape index (κ2) is 14.0. The lowest BCUT2D eigenvalue weighted by molar-refractivity contribution is 0.507. The van der Waals surface area contributed by atoms with Gasteiger partial charge in [0.15, 0.2) is 0 Å². The van der Waals surface area contributed by atoms with E-state index in [1.54, 1.807) is 0 Å². The Morgan fingerprint density at radius 3 is 1.41 bits per heavy atom. The molecule has 0 atom stereocenters. The maximum Gasteiger partial charge on any atom is 0.135 e. The third kappa shape index (κ3) is 4.85. The van der Waals surface area contributed by atoms with Crippen molar-refractivity contribution in [1.29, 1.82) is 0 Å². The standard InChI is InChI=1S/C64H41NO/c1-4-19-43(20-5-1)63(44-21-6-2-7-22-44)54-30-14-10-27-51(54)52-40-39-47(41-58(52)63)65(45-23-8-3-9-24-45)46-37-35-42(36-38-46)48-29-18-33-57-60(48)61-53-28-13-17-34-59(53)66-62(61)64(57)55-31-15-11-25-49(55)50-26-12-16-32-56(50)64/h1-41H. The van der Waals surface area contributed by atoms with E-state index < -0.39 is 10.8 Å². The average Bonchev–Trinajstić information content (AvgIpc) is 4.10. The largest absolute Gasteiger partial charge is 0.459 e. The van der Waals surface area contributed by atoms with Gasteiger partial charge in [-0.3, -0.25) is 0 Å². The molecule has 66 heavy (non-hydrogen) atoms. The maximum absolute atomic E-state index is 7.10. The van der Waals surface area contributed by atoms with E-state index in [1.807, 2.05) is 0 Å². The van der Waals surface area contributed by atoms with Crippen molar-refractivity contribution in [3.63, 3.8) is 0 Å². The molecule has 0 N–H and O–H groups in total. The quantitative estimate of drug-likeness (QED) is 0.166. The molecule has 0 bridgehead atoms. The van der Waals surface area contributed by atoms with Gasteiger partial charge in [-0.15, -0.1) is 0 Å². The second-order valence-corrected chi connectivity index (χ2v) is 17.8. The Morgan fingerprint density at radius 2 is 0.773 bits per heavy atom. The minimum atomic E-state index is -0.571. The predicted octanol–water partition coefficient (Wildman–Crippen LogP) is 16.3. The van der Waals surface area contributed by atoms with Crippen molar-refractivity contribution in [2.75, 3.05) is 4.90 Å². The molecule has 14 rings (SSSR count). The van der Waals surface area contributed by atoms with Crippen LogP contribution >= 0.6 is 0 Å². The molecule has 0 aliphatic heterocycles. The fourth-order valence-electron chi connectivity index (χ4n) is 12.2. The van der Waals surface area contributed by atoms with Crippen LogP contribution in [0, 0.1) is 0 Å². The minimum absolute atomic E-state index is 0.502. The molecule has 1 heterocycles. The van der Waals surface area contributed by atoms with Crippen LogP contribution in [0.25, 0.3) is 55.5 Å². The van der Waals surface area contributed by atoms with Gasteiger partial charge in [-0.1, -0.05) is 206 Å². The van der Waals surface area contributed by atoms with E-state index >= 15 is 0 Å². The summed E-state index contributed by atoms with van der Waals surface area (Å²) in [5, 5.41) is 1.15. The Kier molecular flexibility index (Phi) is 7.85. The van der Waals surface area contributed by atoms with Gasteiger partial charge in [0, 0.05) is 28.0 Å². The summed E-state index contributed by atoms with van der Waals surface area (Å²) < 4.78 is 7.10. The Morgan fingerprint density at radius 1 is 0.303 bits per heavy atom. The van der Waals surface area contributed by atoms with E-state index in [2.05, 4.69) is 254 Å². The van der Waals surface area contributed by atoms with Crippen LogP contribution in [-0.2, 0) is 10.8 Å². The number of hydrogen-bond donors (Lipinski definition) is 0. The van der Waals surface area contributed by atoms with Crippen LogP contribution in [0.4, 0.5) is 17.1 Å². The highest BCUT2D eigenvalue weighted by atomic mass is 16.3. The summed E-state index contributed by atoms with van der Waals surface area (Å²) in [6.45, 7) is 0. The van der Waals surface area contributed by atoms with Crippen molar-refractivity contribution in [1.82, 2.24) is 0 Å². The van der Waals surface area contributed by atoms with E-state index in [-0.39, 0.29) is 0 Å². The number of para-hydroxylation sites is 2.